The van der Waals surface area contributed by atoms with Crippen molar-refractivity contribution >= 4 is 0 Å². The van der Waals surface area contributed by atoms with Crippen LogP contribution in [-0.4, -0.2) is 35.2 Å². The van der Waals surface area contributed by atoms with Crippen LogP contribution in [-0.2, 0) is 0 Å². The van der Waals surface area contributed by atoms with Gasteiger partial charge in [-0.05, 0) is 44.0 Å². The molecule has 1 fully saturated rings. The summed E-state index contributed by atoms with van der Waals surface area (Å²) in [6, 6.07) is 6.69. The Bertz CT molecular complexity index is 394. The summed E-state index contributed by atoms with van der Waals surface area (Å²) in [6.45, 7) is 3.07. The Balaban J connectivity index is 2.25. The van der Waals surface area contributed by atoms with Crippen LogP contribution in [0.5, 0.6) is 0 Å². The third kappa shape index (κ3) is 3.32. The second-order valence-electron chi connectivity index (χ2n) is 5.43. The van der Waals surface area contributed by atoms with Gasteiger partial charge < -0.3 is 10.8 Å². The lowest BCUT2D eigenvalue weighted by atomic mass is 9.93. The van der Waals surface area contributed by atoms with Gasteiger partial charge in [0.15, 0.2) is 0 Å². The van der Waals surface area contributed by atoms with Crippen molar-refractivity contribution in [1.29, 1.82) is 0 Å². The summed E-state index contributed by atoms with van der Waals surface area (Å²) in [4.78, 5) is 2.28. The van der Waals surface area contributed by atoms with E-state index in [1.54, 1.807) is 12.1 Å². The van der Waals surface area contributed by atoms with Crippen LogP contribution in [0.4, 0.5) is 4.39 Å². The summed E-state index contributed by atoms with van der Waals surface area (Å²) in [5.41, 5.74) is 7.16. The number of halogens is 1. The minimum absolute atomic E-state index is 0.0399. The Morgan fingerprint density at radius 3 is 2.63 bits per heavy atom. The fourth-order valence-corrected chi connectivity index (χ4v) is 3.04. The van der Waals surface area contributed by atoms with E-state index >= 15 is 0 Å². The van der Waals surface area contributed by atoms with Crippen molar-refractivity contribution in [2.45, 2.75) is 44.3 Å². The van der Waals surface area contributed by atoms with Crippen LogP contribution in [0.15, 0.2) is 24.3 Å². The zero-order valence-corrected chi connectivity index (χ0v) is 11.4. The van der Waals surface area contributed by atoms with E-state index in [2.05, 4.69) is 4.90 Å². The summed E-state index contributed by atoms with van der Waals surface area (Å²) in [7, 11) is 0. The van der Waals surface area contributed by atoms with Gasteiger partial charge in [-0.3, -0.25) is 4.90 Å². The number of benzene rings is 1. The molecule has 3 nitrogen and oxygen atoms in total. The lowest BCUT2D eigenvalue weighted by molar-refractivity contribution is 0.0444. The van der Waals surface area contributed by atoms with Crippen LogP contribution in [0.3, 0.4) is 0 Å². The van der Waals surface area contributed by atoms with E-state index in [-0.39, 0.29) is 30.5 Å². The van der Waals surface area contributed by atoms with Crippen molar-refractivity contribution in [3.8, 4) is 0 Å². The number of hydrogen-bond acceptors (Lipinski definition) is 3. The SMILES string of the molecule is CC(N)C(c1ccc(F)cc1)N1CCCCC1CO. The molecule has 3 atom stereocenters. The fourth-order valence-electron chi connectivity index (χ4n) is 3.04. The second-order valence-corrected chi connectivity index (χ2v) is 5.43. The van der Waals surface area contributed by atoms with Gasteiger partial charge in [-0.25, -0.2) is 4.39 Å². The van der Waals surface area contributed by atoms with Crippen molar-refractivity contribution in [3.05, 3.63) is 35.6 Å². The number of piperidine rings is 1. The smallest absolute Gasteiger partial charge is 0.123 e. The van der Waals surface area contributed by atoms with Crippen molar-refractivity contribution in [2.24, 2.45) is 5.73 Å². The van der Waals surface area contributed by atoms with Gasteiger partial charge in [-0.15, -0.1) is 0 Å². The lowest BCUT2D eigenvalue weighted by Crippen LogP contribution is -2.49. The molecular weight excluding hydrogens is 243 g/mol. The van der Waals surface area contributed by atoms with E-state index in [4.69, 9.17) is 5.73 Å². The number of aliphatic hydroxyl groups excluding tert-OH is 1. The molecule has 2 rings (SSSR count). The Labute approximate surface area is 114 Å². The largest absolute Gasteiger partial charge is 0.395 e. The first-order valence-corrected chi connectivity index (χ1v) is 7.01. The quantitative estimate of drug-likeness (QED) is 0.877. The van der Waals surface area contributed by atoms with Crippen LogP contribution >= 0.6 is 0 Å². The maximum absolute atomic E-state index is 13.1. The Morgan fingerprint density at radius 1 is 1.37 bits per heavy atom. The molecule has 19 heavy (non-hydrogen) atoms. The van der Waals surface area contributed by atoms with E-state index in [9.17, 15) is 9.50 Å². The van der Waals surface area contributed by atoms with Crippen LogP contribution in [0.2, 0.25) is 0 Å². The molecule has 1 aliphatic heterocycles. The third-order valence-electron chi connectivity index (χ3n) is 3.95. The molecule has 106 valence electrons. The van der Waals surface area contributed by atoms with E-state index in [1.807, 2.05) is 6.92 Å². The van der Waals surface area contributed by atoms with E-state index in [0.29, 0.717) is 0 Å². The van der Waals surface area contributed by atoms with Crippen LogP contribution < -0.4 is 5.73 Å². The molecule has 0 amide bonds. The topological polar surface area (TPSA) is 49.5 Å². The highest BCUT2D eigenvalue weighted by Gasteiger charge is 2.31. The predicted octanol–water partition coefficient (Wildman–Crippen LogP) is 2.06. The molecular formula is C15H23FN2O. The minimum atomic E-state index is -0.232. The van der Waals surface area contributed by atoms with Gasteiger partial charge in [0.1, 0.15) is 5.82 Å². The Kier molecular flexibility index (Phi) is 4.91. The molecule has 1 saturated heterocycles. The number of likely N-dealkylation sites (tertiary alicyclic amines) is 1. The summed E-state index contributed by atoms with van der Waals surface area (Å²) in [5.74, 6) is -0.232. The molecule has 4 heteroatoms. The first kappa shape index (κ1) is 14.4. The normalized spacial score (nSPS) is 24.1. The summed E-state index contributed by atoms with van der Waals surface area (Å²) in [5, 5.41) is 9.54. The molecule has 0 radical (unpaired) electrons. The van der Waals surface area contributed by atoms with E-state index < -0.39 is 0 Å². The first-order chi connectivity index (χ1) is 9.13. The van der Waals surface area contributed by atoms with Crippen LogP contribution in [0.1, 0.15) is 37.8 Å². The number of nitrogens with two attached hydrogens (primary N) is 1. The van der Waals surface area contributed by atoms with Gasteiger partial charge in [-0.2, -0.15) is 0 Å². The molecule has 1 aromatic carbocycles. The maximum Gasteiger partial charge on any atom is 0.123 e. The third-order valence-corrected chi connectivity index (χ3v) is 3.95. The van der Waals surface area contributed by atoms with Crippen molar-refractivity contribution in [3.63, 3.8) is 0 Å². The summed E-state index contributed by atoms with van der Waals surface area (Å²) in [6.07, 6.45) is 3.28. The number of nitrogens with zero attached hydrogens (tertiary/aromatic N) is 1. The zero-order chi connectivity index (χ0) is 13.8. The maximum atomic E-state index is 13.1. The first-order valence-electron chi connectivity index (χ1n) is 7.01. The summed E-state index contributed by atoms with van der Waals surface area (Å²) < 4.78 is 13.1. The molecule has 0 aliphatic carbocycles. The number of aliphatic hydroxyl groups is 1. The monoisotopic (exact) mass is 266 g/mol. The molecule has 1 aliphatic rings. The predicted molar refractivity (Wildman–Crippen MR) is 74.2 cm³/mol. The molecule has 0 saturated carbocycles. The Hall–Kier alpha value is -0.970. The van der Waals surface area contributed by atoms with Gasteiger partial charge in [0.05, 0.1) is 6.61 Å². The van der Waals surface area contributed by atoms with Gasteiger partial charge >= 0.3 is 0 Å². The highest BCUT2D eigenvalue weighted by molar-refractivity contribution is 5.22. The van der Waals surface area contributed by atoms with Crippen LogP contribution in [0.25, 0.3) is 0 Å². The van der Waals surface area contributed by atoms with E-state index in [1.165, 1.54) is 12.1 Å². The molecule has 1 aromatic rings. The van der Waals surface area contributed by atoms with Crippen molar-refractivity contribution in [1.82, 2.24) is 4.90 Å². The minimum Gasteiger partial charge on any atom is -0.395 e. The number of hydrogen-bond donors (Lipinski definition) is 2. The average molecular weight is 266 g/mol. The highest BCUT2D eigenvalue weighted by atomic mass is 19.1. The van der Waals surface area contributed by atoms with Crippen LogP contribution in [0, 0.1) is 5.82 Å². The van der Waals surface area contributed by atoms with E-state index in [0.717, 1.165) is 31.4 Å². The Morgan fingerprint density at radius 2 is 2.05 bits per heavy atom. The summed E-state index contributed by atoms with van der Waals surface area (Å²) >= 11 is 0. The molecule has 3 N–H and O–H groups in total. The molecule has 0 bridgehead atoms. The fraction of sp³-hybridized carbons (Fsp3) is 0.600. The van der Waals surface area contributed by atoms with Gasteiger partial charge in [-0.1, -0.05) is 18.6 Å². The molecule has 0 aromatic heterocycles. The van der Waals surface area contributed by atoms with Gasteiger partial charge in [0, 0.05) is 18.1 Å². The molecule has 0 spiro atoms. The highest BCUT2D eigenvalue weighted by Crippen LogP contribution is 2.30. The lowest BCUT2D eigenvalue weighted by Gasteiger charge is -2.42. The van der Waals surface area contributed by atoms with Gasteiger partial charge in [0.2, 0.25) is 0 Å². The van der Waals surface area contributed by atoms with Crippen molar-refractivity contribution in [2.75, 3.05) is 13.2 Å². The second kappa shape index (κ2) is 6.46. The standard InChI is InChI=1S/C15H23FN2O/c1-11(17)15(12-5-7-13(16)8-6-12)18-9-3-2-4-14(18)10-19/h5-8,11,14-15,19H,2-4,9-10,17H2,1H3. The zero-order valence-electron chi connectivity index (χ0n) is 11.4. The molecule has 3 unspecified atom stereocenters. The van der Waals surface area contributed by atoms with Crippen molar-refractivity contribution < 1.29 is 9.50 Å². The number of rotatable bonds is 4. The average Bonchev–Trinajstić information content (AvgIpc) is 2.41. The molecule has 1 heterocycles. The van der Waals surface area contributed by atoms with Gasteiger partial charge in [0.25, 0.3) is 0 Å².